The van der Waals surface area contributed by atoms with Crippen LogP contribution in [0.4, 0.5) is 0 Å². The number of nitrogens with one attached hydrogen (secondary N) is 1. The number of nitrogen functional groups attached to an aromatic ring is 1. The van der Waals surface area contributed by atoms with E-state index in [1.807, 2.05) is 17.4 Å². The molecule has 1 aliphatic heterocycles. The van der Waals surface area contributed by atoms with Crippen molar-refractivity contribution >= 4 is 15.7 Å². The van der Waals surface area contributed by atoms with E-state index >= 15 is 0 Å². The molecule has 2 rings (SSSR count). The van der Waals surface area contributed by atoms with Crippen LogP contribution in [0.15, 0.2) is 16.5 Å². The van der Waals surface area contributed by atoms with Gasteiger partial charge < -0.3 is 4.42 Å². The predicted octanol–water partition coefficient (Wildman–Crippen LogP) is -0.498. The van der Waals surface area contributed by atoms with Crippen LogP contribution in [0.2, 0.25) is 0 Å². The monoisotopic (exact) mass is 287 g/mol. The third kappa shape index (κ3) is 3.34. The fraction of sp³-hybridized carbons (Fsp3) is 0.545. The molecule has 0 spiro atoms. The third-order valence-electron chi connectivity index (χ3n) is 3.25. The molecule has 2 heterocycles. The molecule has 106 valence electrons. The van der Waals surface area contributed by atoms with Crippen LogP contribution in [0.1, 0.15) is 22.7 Å². The Morgan fingerprint density at radius 3 is 2.89 bits per heavy atom. The highest BCUT2D eigenvalue weighted by molar-refractivity contribution is 7.91. The van der Waals surface area contributed by atoms with E-state index in [4.69, 9.17) is 10.3 Å². The topological polar surface area (TPSA) is 106 Å². The van der Waals surface area contributed by atoms with Gasteiger partial charge in [-0.25, -0.2) is 14.3 Å². The van der Waals surface area contributed by atoms with Gasteiger partial charge in [-0.05, 0) is 25.6 Å². The van der Waals surface area contributed by atoms with E-state index < -0.39 is 15.7 Å². The lowest BCUT2D eigenvalue weighted by atomic mass is 10.2. The summed E-state index contributed by atoms with van der Waals surface area (Å²) in [5, 5.41) is 0. The molecule has 8 heteroatoms. The predicted molar refractivity (Wildman–Crippen MR) is 68.9 cm³/mol. The number of hydrazine groups is 1. The van der Waals surface area contributed by atoms with Gasteiger partial charge in [-0.1, -0.05) is 0 Å². The highest BCUT2D eigenvalue weighted by Crippen LogP contribution is 2.19. The highest BCUT2D eigenvalue weighted by Gasteiger charge is 2.30. The van der Waals surface area contributed by atoms with Crippen molar-refractivity contribution in [2.75, 3.05) is 18.6 Å². The van der Waals surface area contributed by atoms with Crippen LogP contribution in [0.3, 0.4) is 0 Å². The van der Waals surface area contributed by atoms with Gasteiger partial charge in [0.05, 0.1) is 18.1 Å². The molecule has 1 aromatic rings. The van der Waals surface area contributed by atoms with Gasteiger partial charge in [0, 0.05) is 6.04 Å². The van der Waals surface area contributed by atoms with E-state index in [0.717, 1.165) is 0 Å². The molecule has 1 aliphatic rings. The SMILES string of the molecule is CN(Cc1ccc(C(=O)NN)o1)C1CCS(=O)(=O)C1. The summed E-state index contributed by atoms with van der Waals surface area (Å²) in [5.41, 5.74) is 1.99. The van der Waals surface area contributed by atoms with Crippen LogP contribution in [-0.2, 0) is 16.4 Å². The molecule has 0 saturated carbocycles. The molecule has 19 heavy (non-hydrogen) atoms. The standard InChI is InChI=1S/C11H17N3O4S/c1-14(8-4-5-19(16,17)7-8)6-9-2-3-10(18-9)11(15)13-12/h2-3,8H,4-7,12H2,1H3,(H,13,15). The minimum absolute atomic E-state index is 0.00175. The summed E-state index contributed by atoms with van der Waals surface area (Å²) in [5.74, 6) is 5.68. The van der Waals surface area contributed by atoms with Crippen molar-refractivity contribution in [3.63, 3.8) is 0 Å². The lowest BCUT2D eigenvalue weighted by Gasteiger charge is -2.21. The van der Waals surface area contributed by atoms with Crippen molar-refractivity contribution in [1.29, 1.82) is 0 Å². The molecule has 1 unspecified atom stereocenters. The maximum absolute atomic E-state index is 11.4. The smallest absolute Gasteiger partial charge is 0.300 e. The number of amides is 1. The van der Waals surface area contributed by atoms with Gasteiger partial charge >= 0.3 is 5.91 Å². The number of nitrogens with zero attached hydrogens (tertiary/aromatic N) is 1. The van der Waals surface area contributed by atoms with Crippen LogP contribution in [0.5, 0.6) is 0 Å². The molecule has 1 aromatic heterocycles. The van der Waals surface area contributed by atoms with Crippen molar-refractivity contribution in [3.8, 4) is 0 Å². The summed E-state index contributed by atoms with van der Waals surface area (Å²) >= 11 is 0. The number of rotatable bonds is 4. The van der Waals surface area contributed by atoms with Crippen LogP contribution >= 0.6 is 0 Å². The molecule has 1 amide bonds. The Bertz CT molecular complexity index is 566. The summed E-state index contributed by atoms with van der Waals surface area (Å²) < 4.78 is 28.2. The molecule has 1 saturated heterocycles. The number of hydrogen-bond donors (Lipinski definition) is 2. The van der Waals surface area contributed by atoms with E-state index in [9.17, 15) is 13.2 Å². The second-order valence-corrected chi connectivity index (χ2v) is 6.94. The maximum atomic E-state index is 11.4. The Morgan fingerprint density at radius 2 is 2.32 bits per heavy atom. The summed E-state index contributed by atoms with van der Waals surface area (Å²) in [6, 6.07) is 3.23. The fourth-order valence-corrected chi connectivity index (χ4v) is 3.96. The quantitative estimate of drug-likeness (QED) is 0.439. The second kappa shape index (κ2) is 5.32. The van der Waals surface area contributed by atoms with Gasteiger partial charge in [0.2, 0.25) is 0 Å². The first kappa shape index (κ1) is 14.0. The first-order valence-corrected chi connectivity index (χ1v) is 7.74. The maximum Gasteiger partial charge on any atom is 0.300 e. The first-order valence-electron chi connectivity index (χ1n) is 5.91. The van der Waals surface area contributed by atoms with Crippen molar-refractivity contribution in [1.82, 2.24) is 10.3 Å². The first-order chi connectivity index (χ1) is 8.91. The molecule has 0 radical (unpaired) electrons. The van der Waals surface area contributed by atoms with Crippen molar-refractivity contribution in [2.45, 2.75) is 19.0 Å². The third-order valence-corrected chi connectivity index (χ3v) is 5.00. The summed E-state index contributed by atoms with van der Waals surface area (Å²) in [4.78, 5) is 13.2. The van der Waals surface area contributed by atoms with Gasteiger partial charge in [0.1, 0.15) is 5.76 Å². The average molecular weight is 287 g/mol. The molecular formula is C11H17N3O4S. The average Bonchev–Trinajstić information content (AvgIpc) is 2.94. The Hall–Kier alpha value is -1.38. The molecule has 0 aromatic carbocycles. The molecule has 0 bridgehead atoms. The minimum Gasteiger partial charge on any atom is -0.455 e. The van der Waals surface area contributed by atoms with Gasteiger partial charge in [0.25, 0.3) is 0 Å². The lowest BCUT2D eigenvalue weighted by molar-refractivity contribution is 0.0922. The number of hydrogen-bond acceptors (Lipinski definition) is 6. The zero-order valence-electron chi connectivity index (χ0n) is 10.6. The van der Waals surface area contributed by atoms with Gasteiger partial charge in [-0.2, -0.15) is 0 Å². The van der Waals surface area contributed by atoms with E-state index in [0.29, 0.717) is 18.7 Å². The molecule has 3 N–H and O–H groups in total. The summed E-state index contributed by atoms with van der Waals surface area (Å²) in [7, 11) is -1.05. The van der Waals surface area contributed by atoms with E-state index in [2.05, 4.69) is 0 Å². The zero-order valence-corrected chi connectivity index (χ0v) is 11.4. The van der Waals surface area contributed by atoms with Crippen molar-refractivity contribution in [3.05, 3.63) is 23.7 Å². The number of nitrogens with two attached hydrogens (primary N) is 1. The van der Waals surface area contributed by atoms with Crippen LogP contribution in [0, 0.1) is 0 Å². The fourth-order valence-electron chi connectivity index (χ4n) is 2.15. The Balaban J connectivity index is 1.98. The van der Waals surface area contributed by atoms with Crippen LogP contribution in [-0.4, -0.2) is 43.8 Å². The lowest BCUT2D eigenvalue weighted by Crippen LogP contribution is -2.32. The Labute approximate surface area is 111 Å². The largest absolute Gasteiger partial charge is 0.455 e. The number of carbonyl (C=O) groups excluding carboxylic acids is 1. The highest BCUT2D eigenvalue weighted by atomic mass is 32.2. The second-order valence-electron chi connectivity index (χ2n) is 4.71. The number of furan rings is 1. The number of sulfone groups is 1. The van der Waals surface area contributed by atoms with E-state index in [1.54, 1.807) is 6.07 Å². The van der Waals surface area contributed by atoms with Crippen LogP contribution in [0.25, 0.3) is 0 Å². The van der Waals surface area contributed by atoms with E-state index in [-0.39, 0.29) is 23.3 Å². The van der Waals surface area contributed by atoms with Crippen molar-refractivity contribution < 1.29 is 17.6 Å². The van der Waals surface area contributed by atoms with Crippen molar-refractivity contribution in [2.24, 2.45) is 5.84 Å². The minimum atomic E-state index is -2.90. The molecule has 1 fully saturated rings. The molecule has 0 aliphatic carbocycles. The van der Waals surface area contributed by atoms with Gasteiger partial charge in [-0.3, -0.25) is 15.1 Å². The Kier molecular flexibility index (Phi) is 3.93. The number of carbonyl (C=O) groups is 1. The normalized spacial score (nSPS) is 21.7. The van der Waals surface area contributed by atoms with Gasteiger partial charge in [-0.15, -0.1) is 0 Å². The van der Waals surface area contributed by atoms with Gasteiger partial charge in [0.15, 0.2) is 15.6 Å². The zero-order chi connectivity index (χ0) is 14.0. The summed E-state index contributed by atoms with van der Waals surface area (Å²) in [6.45, 7) is 0.456. The molecule has 7 nitrogen and oxygen atoms in total. The van der Waals surface area contributed by atoms with E-state index in [1.165, 1.54) is 6.07 Å². The molecular weight excluding hydrogens is 270 g/mol. The molecule has 1 atom stereocenters. The summed E-state index contributed by atoms with van der Waals surface area (Å²) in [6.07, 6.45) is 0.635. The Morgan fingerprint density at radius 1 is 1.58 bits per heavy atom. The van der Waals surface area contributed by atoms with Crippen LogP contribution < -0.4 is 11.3 Å².